The summed E-state index contributed by atoms with van der Waals surface area (Å²) in [6.07, 6.45) is 0.744. The number of hydrogen-bond acceptors (Lipinski definition) is 7. The van der Waals surface area contributed by atoms with Crippen molar-refractivity contribution >= 4 is 38.9 Å². The van der Waals surface area contributed by atoms with Gasteiger partial charge in [0.1, 0.15) is 0 Å². The normalized spacial score (nSPS) is 20.8. The van der Waals surface area contributed by atoms with Crippen LogP contribution in [0.5, 0.6) is 0 Å². The number of methoxy groups -OCH3 is 1. The molecule has 1 aromatic rings. The summed E-state index contributed by atoms with van der Waals surface area (Å²) in [5, 5.41) is 0. The zero-order chi connectivity index (χ0) is 14.8. The molecular weight excluding hydrogens is 328 g/mol. The fraction of sp³-hybridized carbons (Fsp3) is 0.600. The summed E-state index contributed by atoms with van der Waals surface area (Å²) in [5.41, 5.74) is 0. The molecular formula is C10H13ClN2O5S2. The second-order valence-electron chi connectivity index (χ2n) is 4.07. The number of carbonyl (C=O) groups excluding carboxylic acids is 1. The van der Waals surface area contributed by atoms with Crippen LogP contribution in [0.1, 0.15) is 6.42 Å². The Hall–Kier alpha value is -0.740. The lowest BCUT2D eigenvalue weighted by atomic mass is 10.2. The number of sulfonamides is 1. The van der Waals surface area contributed by atoms with Gasteiger partial charge in [-0.1, -0.05) is 22.9 Å². The average Bonchev–Trinajstić information content (AvgIpc) is 2.86. The van der Waals surface area contributed by atoms with Crippen molar-refractivity contribution in [3.8, 4) is 0 Å². The van der Waals surface area contributed by atoms with Gasteiger partial charge in [0.15, 0.2) is 8.68 Å². The van der Waals surface area contributed by atoms with Crippen LogP contribution >= 0.6 is 22.9 Å². The van der Waals surface area contributed by atoms with Crippen molar-refractivity contribution in [2.75, 3.05) is 26.8 Å². The first-order chi connectivity index (χ1) is 9.43. The Balaban J connectivity index is 2.10. The van der Waals surface area contributed by atoms with Gasteiger partial charge >= 0.3 is 5.97 Å². The Morgan fingerprint density at radius 2 is 2.45 bits per heavy atom. The van der Waals surface area contributed by atoms with Gasteiger partial charge in [0.2, 0.25) is 0 Å². The predicted octanol–water partition coefficient (Wildman–Crippen LogP) is 0.749. The van der Waals surface area contributed by atoms with Crippen molar-refractivity contribution in [2.45, 2.75) is 16.7 Å². The van der Waals surface area contributed by atoms with Gasteiger partial charge in [-0.2, -0.15) is 4.31 Å². The van der Waals surface area contributed by atoms with Crippen LogP contribution in [-0.2, 0) is 24.3 Å². The molecule has 2 heterocycles. The average molecular weight is 341 g/mol. The molecule has 1 unspecified atom stereocenters. The van der Waals surface area contributed by atoms with Crippen LogP contribution in [-0.4, -0.2) is 56.6 Å². The molecule has 0 amide bonds. The van der Waals surface area contributed by atoms with Crippen LogP contribution in [0.2, 0.25) is 4.47 Å². The molecule has 1 aromatic heterocycles. The maximum Gasteiger partial charge on any atom is 0.308 e. The molecule has 112 valence electrons. The molecule has 0 radical (unpaired) electrons. The van der Waals surface area contributed by atoms with Gasteiger partial charge in [-0.15, -0.1) is 0 Å². The number of rotatable bonds is 4. The number of halogens is 1. The molecule has 1 fully saturated rings. The van der Waals surface area contributed by atoms with E-state index < -0.39 is 22.1 Å². The molecule has 0 bridgehead atoms. The summed E-state index contributed by atoms with van der Waals surface area (Å²) >= 11 is 6.56. The zero-order valence-corrected chi connectivity index (χ0v) is 13.0. The van der Waals surface area contributed by atoms with E-state index in [1.807, 2.05) is 0 Å². The number of carbonyl (C=O) groups is 1. The molecule has 7 nitrogen and oxygen atoms in total. The molecule has 1 atom stereocenters. The number of aromatic nitrogens is 1. The molecule has 1 saturated heterocycles. The number of hydrogen-bond donors (Lipinski definition) is 0. The van der Waals surface area contributed by atoms with Gasteiger partial charge in [0, 0.05) is 13.1 Å². The molecule has 0 aliphatic carbocycles. The highest BCUT2D eigenvalue weighted by Crippen LogP contribution is 2.27. The van der Waals surface area contributed by atoms with Crippen LogP contribution in [0.15, 0.2) is 10.4 Å². The molecule has 0 N–H and O–H groups in total. The maximum absolute atomic E-state index is 12.4. The molecule has 0 spiro atoms. The lowest BCUT2D eigenvalue weighted by Gasteiger charge is -2.31. The van der Waals surface area contributed by atoms with Crippen molar-refractivity contribution in [1.29, 1.82) is 0 Å². The van der Waals surface area contributed by atoms with Crippen LogP contribution in [0.25, 0.3) is 0 Å². The van der Waals surface area contributed by atoms with Crippen LogP contribution in [0, 0.1) is 0 Å². The van der Waals surface area contributed by atoms with Crippen molar-refractivity contribution in [3.63, 3.8) is 0 Å². The van der Waals surface area contributed by atoms with Crippen molar-refractivity contribution in [2.24, 2.45) is 0 Å². The monoisotopic (exact) mass is 340 g/mol. The third kappa shape index (κ3) is 3.47. The zero-order valence-electron chi connectivity index (χ0n) is 10.6. The smallest absolute Gasteiger partial charge is 0.308 e. The Kier molecular flexibility index (Phi) is 4.97. The predicted molar refractivity (Wildman–Crippen MR) is 72.3 cm³/mol. The van der Waals surface area contributed by atoms with Gasteiger partial charge in [0.25, 0.3) is 10.0 Å². The van der Waals surface area contributed by atoms with Gasteiger partial charge in [-0.25, -0.2) is 13.4 Å². The fourth-order valence-electron chi connectivity index (χ4n) is 1.79. The van der Waals surface area contributed by atoms with E-state index in [0.717, 1.165) is 11.3 Å². The Labute approximate surface area is 125 Å². The van der Waals surface area contributed by atoms with Crippen LogP contribution in [0.3, 0.4) is 0 Å². The Morgan fingerprint density at radius 1 is 1.70 bits per heavy atom. The first-order valence-corrected chi connectivity index (χ1v) is 8.37. The summed E-state index contributed by atoms with van der Waals surface area (Å²) in [6.45, 7) is 0.565. The Bertz CT molecular complexity index is 588. The number of morpholine rings is 1. The Morgan fingerprint density at radius 3 is 3.05 bits per heavy atom. The molecule has 1 aliphatic heterocycles. The van der Waals surface area contributed by atoms with E-state index in [1.165, 1.54) is 17.6 Å². The summed E-state index contributed by atoms with van der Waals surface area (Å²) in [6, 6.07) is 0. The maximum atomic E-state index is 12.4. The summed E-state index contributed by atoms with van der Waals surface area (Å²) in [4.78, 5) is 14.9. The van der Waals surface area contributed by atoms with E-state index in [4.69, 9.17) is 16.3 Å². The van der Waals surface area contributed by atoms with Gasteiger partial charge in [-0.05, 0) is 0 Å². The fourth-order valence-corrected chi connectivity index (χ4v) is 4.69. The minimum atomic E-state index is -3.64. The minimum Gasteiger partial charge on any atom is -0.469 e. The first-order valence-electron chi connectivity index (χ1n) is 5.73. The summed E-state index contributed by atoms with van der Waals surface area (Å²) in [7, 11) is -2.37. The number of nitrogens with zero attached hydrogens (tertiary/aromatic N) is 2. The lowest BCUT2D eigenvalue weighted by Crippen LogP contribution is -2.46. The molecule has 2 rings (SSSR count). The van der Waals surface area contributed by atoms with Crippen LogP contribution in [0.4, 0.5) is 0 Å². The topological polar surface area (TPSA) is 85.8 Å². The van der Waals surface area contributed by atoms with Crippen molar-refractivity contribution < 1.29 is 22.7 Å². The first kappa shape index (κ1) is 15.6. The number of esters is 1. The highest BCUT2D eigenvalue weighted by molar-refractivity contribution is 7.91. The van der Waals surface area contributed by atoms with Crippen molar-refractivity contribution in [1.82, 2.24) is 9.29 Å². The lowest BCUT2D eigenvalue weighted by molar-refractivity contribution is -0.145. The minimum absolute atomic E-state index is 0.0198. The second kappa shape index (κ2) is 6.35. The highest BCUT2D eigenvalue weighted by Gasteiger charge is 2.33. The molecule has 1 aliphatic rings. The standard InChI is InChI=1S/C10H13ClN2O5S2/c1-17-8(14)4-7-6-13(2-3-18-7)20(15,16)9-5-12-10(11)19-9/h5,7H,2-4,6H2,1H3. The molecule has 10 heteroatoms. The highest BCUT2D eigenvalue weighted by atomic mass is 35.5. The third-order valence-corrected chi connectivity index (χ3v) is 6.19. The van der Waals surface area contributed by atoms with Gasteiger partial charge in [0.05, 0.1) is 32.4 Å². The SMILES string of the molecule is COC(=O)CC1CN(S(=O)(=O)c2cnc(Cl)s2)CCO1. The summed E-state index contributed by atoms with van der Waals surface area (Å²) in [5.74, 6) is -0.435. The van der Waals surface area contributed by atoms with Gasteiger partial charge in [-0.3, -0.25) is 4.79 Å². The second-order valence-corrected chi connectivity index (χ2v) is 7.85. The third-order valence-electron chi connectivity index (χ3n) is 2.77. The van der Waals surface area contributed by atoms with Crippen LogP contribution < -0.4 is 0 Å². The van der Waals surface area contributed by atoms with E-state index in [1.54, 1.807) is 0 Å². The van der Waals surface area contributed by atoms with E-state index >= 15 is 0 Å². The molecule has 0 aromatic carbocycles. The quantitative estimate of drug-likeness (QED) is 0.752. The number of thiazole rings is 1. The number of ether oxygens (including phenoxy) is 2. The molecule has 0 saturated carbocycles. The van der Waals surface area contributed by atoms with Crippen molar-refractivity contribution in [3.05, 3.63) is 10.7 Å². The van der Waals surface area contributed by atoms with E-state index in [0.29, 0.717) is 0 Å². The van der Waals surface area contributed by atoms with E-state index in [9.17, 15) is 13.2 Å². The largest absolute Gasteiger partial charge is 0.469 e. The summed E-state index contributed by atoms with van der Waals surface area (Å²) < 4.78 is 36.2. The van der Waals surface area contributed by atoms with Gasteiger partial charge < -0.3 is 9.47 Å². The molecule has 20 heavy (non-hydrogen) atoms. The van der Waals surface area contributed by atoms with E-state index in [2.05, 4.69) is 9.72 Å². The van der Waals surface area contributed by atoms with E-state index in [-0.39, 0.29) is 34.8 Å².